The van der Waals surface area contributed by atoms with Gasteiger partial charge in [-0.3, -0.25) is 4.79 Å². The average molecular weight is 449 g/mol. The third-order valence-electron chi connectivity index (χ3n) is 5.37. The molecule has 0 spiro atoms. The summed E-state index contributed by atoms with van der Waals surface area (Å²) in [6.45, 7) is 4.49. The Kier molecular flexibility index (Phi) is 8.63. The fourth-order valence-corrected chi connectivity index (χ4v) is 4.77. The quantitative estimate of drug-likeness (QED) is 0.391. The number of benzene rings is 1. The Morgan fingerprint density at radius 1 is 1.37 bits per heavy atom. The lowest BCUT2D eigenvalue weighted by atomic mass is 9.86. The molecule has 1 amide bonds. The van der Waals surface area contributed by atoms with E-state index in [1.165, 1.54) is 43.9 Å². The van der Waals surface area contributed by atoms with E-state index in [0.29, 0.717) is 23.0 Å². The largest absolute Gasteiger partial charge is 0.495 e. The van der Waals surface area contributed by atoms with Gasteiger partial charge in [0.25, 0.3) is 0 Å². The third-order valence-corrected chi connectivity index (χ3v) is 6.58. The number of carbonyl (C=O) groups is 1. The maximum atomic E-state index is 12.5. The van der Waals surface area contributed by atoms with Crippen molar-refractivity contribution >= 4 is 35.0 Å². The fraction of sp³-hybridized carbons (Fsp3) is 0.500. The number of carbonyl (C=O) groups excluding carboxylic acids is 1. The molecule has 1 aromatic carbocycles. The van der Waals surface area contributed by atoms with Gasteiger partial charge in [0, 0.05) is 18.0 Å². The molecule has 1 saturated carbocycles. The Labute approximate surface area is 187 Å². The normalized spacial score (nSPS) is 14.5. The van der Waals surface area contributed by atoms with Gasteiger partial charge in [-0.2, -0.15) is 0 Å². The van der Waals surface area contributed by atoms with Crippen LogP contribution >= 0.6 is 23.4 Å². The summed E-state index contributed by atoms with van der Waals surface area (Å²) in [5.74, 6) is 2.39. The van der Waals surface area contributed by atoms with Crippen molar-refractivity contribution in [3.8, 4) is 5.75 Å². The molecule has 1 aliphatic carbocycles. The van der Waals surface area contributed by atoms with E-state index in [1.54, 1.807) is 25.3 Å². The predicted octanol–water partition coefficient (Wildman–Crippen LogP) is 5.37. The second-order valence-corrected chi connectivity index (χ2v) is 8.90. The van der Waals surface area contributed by atoms with Crippen LogP contribution in [-0.4, -0.2) is 33.5 Å². The Balaban J connectivity index is 1.59. The number of hydrogen-bond acceptors (Lipinski definition) is 5. The van der Waals surface area contributed by atoms with Crippen LogP contribution in [-0.2, 0) is 17.8 Å². The molecule has 2 aromatic rings. The second kappa shape index (κ2) is 11.4. The number of ether oxygens (including phenoxy) is 1. The van der Waals surface area contributed by atoms with E-state index in [1.807, 2.05) is 6.08 Å². The first-order chi connectivity index (χ1) is 14.6. The molecule has 1 aromatic heterocycles. The first-order valence-electron chi connectivity index (χ1n) is 10.4. The van der Waals surface area contributed by atoms with Gasteiger partial charge in [-0.15, -0.1) is 16.8 Å². The van der Waals surface area contributed by atoms with Crippen molar-refractivity contribution in [1.29, 1.82) is 0 Å². The number of nitrogens with one attached hydrogen (secondary N) is 1. The number of allylic oxidation sites excluding steroid dienone is 1. The minimum absolute atomic E-state index is 0.155. The van der Waals surface area contributed by atoms with Crippen LogP contribution in [0.2, 0.25) is 5.02 Å². The highest BCUT2D eigenvalue weighted by atomic mass is 35.5. The number of nitrogens with zero attached hydrogens (tertiary/aromatic N) is 3. The number of methoxy groups -OCH3 is 1. The standard InChI is InChI=1S/C22H29ClN4O2S/c1-3-13-27-20(12-9-16-7-5-4-6-8-16)25-26-22(27)30-15-21(28)24-18-14-17(23)10-11-19(18)29-2/h3,10-11,14,16H,1,4-9,12-13,15H2,2H3,(H,24,28). The van der Waals surface area contributed by atoms with E-state index in [0.717, 1.165) is 29.7 Å². The Hall–Kier alpha value is -1.99. The predicted molar refractivity (Wildman–Crippen MR) is 122 cm³/mol. The van der Waals surface area contributed by atoms with Gasteiger partial charge in [-0.05, 0) is 30.5 Å². The zero-order valence-electron chi connectivity index (χ0n) is 17.4. The number of hydrogen-bond donors (Lipinski definition) is 1. The number of amides is 1. The van der Waals surface area contributed by atoms with Crippen LogP contribution in [0, 0.1) is 5.92 Å². The van der Waals surface area contributed by atoms with E-state index in [4.69, 9.17) is 16.3 Å². The molecular weight excluding hydrogens is 420 g/mol. The highest BCUT2D eigenvalue weighted by Crippen LogP contribution is 2.29. The molecule has 0 radical (unpaired) electrons. The van der Waals surface area contributed by atoms with Crippen LogP contribution in [0.15, 0.2) is 36.0 Å². The van der Waals surface area contributed by atoms with Crippen LogP contribution in [0.5, 0.6) is 5.75 Å². The maximum absolute atomic E-state index is 12.5. The summed E-state index contributed by atoms with van der Waals surface area (Å²) >= 11 is 7.40. The van der Waals surface area contributed by atoms with Gasteiger partial charge in [0.05, 0.1) is 18.6 Å². The molecule has 6 nitrogen and oxygen atoms in total. The lowest BCUT2D eigenvalue weighted by Crippen LogP contribution is -2.15. The van der Waals surface area contributed by atoms with Gasteiger partial charge in [0.15, 0.2) is 5.16 Å². The maximum Gasteiger partial charge on any atom is 0.234 e. The number of aryl methyl sites for hydroxylation is 1. The SMILES string of the molecule is C=CCn1c(CCC2CCCCC2)nnc1SCC(=O)Nc1cc(Cl)ccc1OC. The van der Waals surface area contributed by atoms with Crippen molar-refractivity contribution in [2.75, 3.05) is 18.2 Å². The first kappa shape index (κ1) is 22.7. The highest BCUT2D eigenvalue weighted by molar-refractivity contribution is 7.99. The molecule has 0 atom stereocenters. The summed E-state index contributed by atoms with van der Waals surface area (Å²) in [5, 5.41) is 12.8. The smallest absolute Gasteiger partial charge is 0.234 e. The monoisotopic (exact) mass is 448 g/mol. The summed E-state index contributed by atoms with van der Waals surface area (Å²) in [7, 11) is 1.56. The fourth-order valence-electron chi connectivity index (χ4n) is 3.83. The lowest BCUT2D eigenvalue weighted by molar-refractivity contribution is -0.113. The molecule has 30 heavy (non-hydrogen) atoms. The van der Waals surface area contributed by atoms with Crippen molar-refractivity contribution in [1.82, 2.24) is 14.8 Å². The van der Waals surface area contributed by atoms with E-state index in [-0.39, 0.29) is 11.7 Å². The van der Waals surface area contributed by atoms with Gasteiger partial charge >= 0.3 is 0 Å². The topological polar surface area (TPSA) is 69.0 Å². The second-order valence-electron chi connectivity index (χ2n) is 7.52. The number of anilines is 1. The molecule has 1 aliphatic rings. The molecule has 3 rings (SSSR count). The molecule has 0 aliphatic heterocycles. The van der Waals surface area contributed by atoms with Crippen molar-refractivity contribution in [2.45, 2.75) is 56.6 Å². The molecule has 1 N–H and O–H groups in total. The van der Waals surface area contributed by atoms with Crippen molar-refractivity contribution in [3.63, 3.8) is 0 Å². The van der Waals surface area contributed by atoms with E-state index in [2.05, 4.69) is 26.7 Å². The molecule has 0 unspecified atom stereocenters. The summed E-state index contributed by atoms with van der Waals surface area (Å²) in [4.78, 5) is 12.5. The Bertz CT molecular complexity index is 865. The Morgan fingerprint density at radius 2 is 2.17 bits per heavy atom. The highest BCUT2D eigenvalue weighted by Gasteiger charge is 2.18. The van der Waals surface area contributed by atoms with Gasteiger partial charge in [-0.25, -0.2) is 0 Å². The van der Waals surface area contributed by atoms with Gasteiger partial charge in [0.1, 0.15) is 11.6 Å². The molecule has 1 heterocycles. The molecule has 1 fully saturated rings. The number of halogens is 1. The van der Waals surface area contributed by atoms with Crippen molar-refractivity contribution in [3.05, 3.63) is 41.7 Å². The molecule has 162 valence electrons. The summed E-state index contributed by atoms with van der Waals surface area (Å²) in [5.41, 5.74) is 0.552. The van der Waals surface area contributed by atoms with Crippen LogP contribution in [0.4, 0.5) is 5.69 Å². The van der Waals surface area contributed by atoms with Crippen LogP contribution in [0.3, 0.4) is 0 Å². The van der Waals surface area contributed by atoms with Crippen LogP contribution in [0.25, 0.3) is 0 Å². The van der Waals surface area contributed by atoms with Crippen molar-refractivity contribution < 1.29 is 9.53 Å². The Morgan fingerprint density at radius 3 is 2.90 bits per heavy atom. The molecule has 0 saturated heterocycles. The lowest BCUT2D eigenvalue weighted by Gasteiger charge is -2.21. The third kappa shape index (κ3) is 6.25. The zero-order chi connectivity index (χ0) is 21.3. The average Bonchev–Trinajstić information content (AvgIpc) is 3.13. The summed E-state index contributed by atoms with van der Waals surface area (Å²) < 4.78 is 7.34. The van der Waals surface area contributed by atoms with E-state index < -0.39 is 0 Å². The number of aromatic nitrogens is 3. The molecule has 0 bridgehead atoms. The minimum Gasteiger partial charge on any atom is -0.495 e. The summed E-state index contributed by atoms with van der Waals surface area (Å²) in [6.07, 6.45) is 10.6. The molecular formula is C22H29ClN4O2S. The number of rotatable bonds is 10. The number of thioether (sulfide) groups is 1. The first-order valence-corrected chi connectivity index (χ1v) is 11.8. The molecule has 8 heteroatoms. The van der Waals surface area contributed by atoms with E-state index in [9.17, 15) is 4.79 Å². The summed E-state index contributed by atoms with van der Waals surface area (Å²) in [6, 6.07) is 5.12. The van der Waals surface area contributed by atoms with Gasteiger partial charge < -0.3 is 14.6 Å². The zero-order valence-corrected chi connectivity index (χ0v) is 19.0. The van der Waals surface area contributed by atoms with Crippen LogP contribution in [0.1, 0.15) is 44.3 Å². The van der Waals surface area contributed by atoms with Gasteiger partial charge in [0.2, 0.25) is 5.91 Å². The minimum atomic E-state index is -0.155. The van der Waals surface area contributed by atoms with Gasteiger partial charge in [-0.1, -0.05) is 61.5 Å². The van der Waals surface area contributed by atoms with Crippen molar-refractivity contribution in [2.24, 2.45) is 5.92 Å². The van der Waals surface area contributed by atoms with E-state index >= 15 is 0 Å². The van der Waals surface area contributed by atoms with Crippen LogP contribution < -0.4 is 10.1 Å².